The minimum atomic E-state index is -0.468. The number of aliphatic hydroxyl groups excluding tert-OH is 1. The van der Waals surface area contributed by atoms with Gasteiger partial charge in [-0.2, -0.15) is 0 Å². The molecule has 0 aliphatic carbocycles. The molecule has 14 heavy (non-hydrogen) atoms. The van der Waals surface area contributed by atoms with Gasteiger partial charge in [-0.3, -0.25) is 10.1 Å². The quantitative estimate of drug-likeness (QED) is 0.639. The molecule has 1 aromatic carbocycles. The molecule has 6 heteroatoms. The van der Waals surface area contributed by atoms with Crippen molar-refractivity contribution in [3.8, 4) is 0 Å². The van der Waals surface area contributed by atoms with Gasteiger partial charge in [-0.15, -0.1) is 0 Å². The molecule has 2 N–H and O–H groups in total. The molecule has 0 saturated heterocycles. The maximum absolute atomic E-state index is 10.7. The van der Waals surface area contributed by atoms with Gasteiger partial charge in [-0.05, 0) is 28.1 Å². The summed E-state index contributed by atoms with van der Waals surface area (Å²) in [5.74, 6) is 0. The molecule has 5 nitrogen and oxygen atoms in total. The highest BCUT2D eigenvalue weighted by Gasteiger charge is 2.16. The smallest absolute Gasteiger partial charge is 0.306 e. The van der Waals surface area contributed by atoms with Crippen LogP contribution in [0.15, 0.2) is 22.7 Å². The normalized spacial score (nSPS) is 9.86. The van der Waals surface area contributed by atoms with Crippen molar-refractivity contribution in [2.75, 3.05) is 18.5 Å². The maximum atomic E-state index is 10.7. The molecule has 0 fully saturated rings. The van der Waals surface area contributed by atoms with E-state index in [-0.39, 0.29) is 18.8 Å². The summed E-state index contributed by atoms with van der Waals surface area (Å²) in [6.45, 7) is 0.223. The van der Waals surface area contributed by atoms with Crippen molar-refractivity contribution in [2.24, 2.45) is 0 Å². The summed E-state index contributed by atoms with van der Waals surface area (Å²) in [5, 5.41) is 22.0. The first-order chi connectivity index (χ1) is 6.66. The number of nitrogens with one attached hydrogen (secondary N) is 1. The Kier molecular flexibility index (Phi) is 3.84. The fourth-order valence-corrected chi connectivity index (χ4v) is 1.55. The average Bonchev–Trinajstić information content (AvgIpc) is 2.14. The lowest BCUT2D eigenvalue weighted by molar-refractivity contribution is -0.384. The van der Waals surface area contributed by atoms with Gasteiger partial charge in [0.1, 0.15) is 5.69 Å². The fraction of sp³-hybridized carbons (Fsp3) is 0.250. The molecule has 0 radical (unpaired) electrons. The first kappa shape index (κ1) is 10.9. The Hall–Kier alpha value is -1.14. The van der Waals surface area contributed by atoms with E-state index in [4.69, 9.17) is 5.11 Å². The van der Waals surface area contributed by atoms with Crippen LogP contribution in [0.1, 0.15) is 0 Å². The van der Waals surface area contributed by atoms with Crippen LogP contribution < -0.4 is 5.32 Å². The van der Waals surface area contributed by atoms with Crippen molar-refractivity contribution in [1.82, 2.24) is 0 Å². The lowest BCUT2D eigenvalue weighted by Crippen LogP contribution is -2.07. The Balaban J connectivity index is 3.02. The Morgan fingerprint density at radius 1 is 1.57 bits per heavy atom. The van der Waals surface area contributed by atoms with Crippen LogP contribution in [0.3, 0.4) is 0 Å². The molecular weight excluding hydrogens is 252 g/mol. The number of benzene rings is 1. The molecule has 1 aromatic rings. The van der Waals surface area contributed by atoms with Crippen molar-refractivity contribution in [3.05, 3.63) is 32.8 Å². The van der Waals surface area contributed by atoms with Gasteiger partial charge in [0.15, 0.2) is 0 Å². The van der Waals surface area contributed by atoms with Crippen LogP contribution in [0.4, 0.5) is 11.4 Å². The number of rotatable bonds is 4. The van der Waals surface area contributed by atoms with Crippen LogP contribution in [0.2, 0.25) is 0 Å². The van der Waals surface area contributed by atoms with Crippen molar-refractivity contribution < 1.29 is 10.0 Å². The second-order valence-corrected chi connectivity index (χ2v) is 3.40. The minimum absolute atomic E-state index is 0.0130. The molecule has 0 aliphatic heterocycles. The van der Waals surface area contributed by atoms with Crippen molar-refractivity contribution >= 4 is 27.3 Å². The number of nitro benzene ring substituents is 1. The SMILES string of the molecule is O=[N+]([O-])c1c(Br)cccc1NCCO. The largest absolute Gasteiger partial charge is 0.395 e. The Morgan fingerprint density at radius 2 is 2.29 bits per heavy atom. The molecule has 0 amide bonds. The minimum Gasteiger partial charge on any atom is -0.395 e. The lowest BCUT2D eigenvalue weighted by atomic mass is 10.2. The van der Waals surface area contributed by atoms with E-state index in [0.717, 1.165) is 0 Å². The molecule has 0 saturated carbocycles. The van der Waals surface area contributed by atoms with E-state index in [0.29, 0.717) is 10.2 Å². The molecule has 76 valence electrons. The second kappa shape index (κ2) is 4.92. The highest BCUT2D eigenvalue weighted by Crippen LogP contribution is 2.32. The van der Waals surface area contributed by atoms with Crippen LogP contribution in [-0.4, -0.2) is 23.2 Å². The first-order valence-electron chi connectivity index (χ1n) is 3.94. The highest BCUT2D eigenvalue weighted by molar-refractivity contribution is 9.10. The third kappa shape index (κ3) is 2.43. The fourth-order valence-electron chi connectivity index (χ4n) is 1.03. The number of anilines is 1. The van der Waals surface area contributed by atoms with Crippen LogP contribution in [0.5, 0.6) is 0 Å². The van der Waals surface area contributed by atoms with E-state index in [2.05, 4.69) is 21.2 Å². The number of aliphatic hydroxyl groups is 1. The van der Waals surface area contributed by atoms with E-state index in [9.17, 15) is 10.1 Å². The van der Waals surface area contributed by atoms with Gasteiger partial charge in [-0.1, -0.05) is 6.07 Å². The highest BCUT2D eigenvalue weighted by atomic mass is 79.9. The molecule has 0 atom stereocenters. The molecule has 0 aromatic heterocycles. The Labute approximate surface area is 89.0 Å². The monoisotopic (exact) mass is 260 g/mol. The standard InChI is InChI=1S/C8H9BrN2O3/c9-6-2-1-3-7(10-4-5-12)8(6)11(13)14/h1-3,10,12H,4-5H2. The van der Waals surface area contributed by atoms with Crippen molar-refractivity contribution in [2.45, 2.75) is 0 Å². The van der Waals surface area contributed by atoms with Gasteiger partial charge < -0.3 is 10.4 Å². The van der Waals surface area contributed by atoms with E-state index in [1.54, 1.807) is 18.2 Å². The number of para-hydroxylation sites is 1. The Bertz CT molecular complexity index is 343. The topological polar surface area (TPSA) is 75.4 Å². The zero-order valence-electron chi connectivity index (χ0n) is 7.24. The summed E-state index contributed by atoms with van der Waals surface area (Å²) >= 11 is 3.10. The molecule has 0 bridgehead atoms. The summed E-state index contributed by atoms with van der Waals surface area (Å²) in [4.78, 5) is 10.2. The summed E-state index contributed by atoms with van der Waals surface area (Å²) in [6.07, 6.45) is 0. The van der Waals surface area contributed by atoms with Crippen molar-refractivity contribution in [1.29, 1.82) is 0 Å². The number of halogens is 1. The number of nitrogens with zero attached hydrogens (tertiary/aromatic N) is 1. The number of hydrogen-bond donors (Lipinski definition) is 2. The maximum Gasteiger partial charge on any atom is 0.306 e. The van der Waals surface area contributed by atoms with Crippen LogP contribution in [0.25, 0.3) is 0 Å². The van der Waals surface area contributed by atoms with Gasteiger partial charge in [0, 0.05) is 6.54 Å². The van der Waals surface area contributed by atoms with E-state index < -0.39 is 4.92 Å². The third-order valence-corrected chi connectivity index (χ3v) is 2.24. The van der Waals surface area contributed by atoms with Gasteiger partial charge in [0.2, 0.25) is 0 Å². The van der Waals surface area contributed by atoms with Crippen molar-refractivity contribution in [3.63, 3.8) is 0 Å². The number of hydrogen-bond acceptors (Lipinski definition) is 4. The summed E-state index contributed by atoms with van der Waals surface area (Å²) in [5.41, 5.74) is 0.388. The second-order valence-electron chi connectivity index (χ2n) is 2.54. The van der Waals surface area contributed by atoms with E-state index >= 15 is 0 Å². The summed E-state index contributed by atoms with van der Waals surface area (Å²) in [6, 6.07) is 4.89. The van der Waals surface area contributed by atoms with E-state index in [1.807, 2.05) is 0 Å². The third-order valence-electron chi connectivity index (χ3n) is 1.60. The predicted molar refractivity (Wildman–Crippen MR) is 56.4 cm³/mol. The zero-order chi connectivity index (χ0) is 10.6. The van der Waals surface area contributed by atoms with Crippen LogP contribution in [0, 0.1) is 10.1 Å². The first-order valence-corrected chi connectivity index (χ1v) is 4.73. The lowest BCUT2D eigenvalue weighted by Gasteiger charge is -2.05. The molecular formula is C8H9BrN2O3. The van der Waals surface area contributed by atoms with Gasteiger partial charge in [0.25, 0.3) is 0 Å². The molecule has 0 heterocycles. The molecule has 1 rings (SSSR count). The molecule has 0 aliphatic rings. The summed E-state index contributed by atoms with van der Waals surface area (Å²) < 4.78 is 0.422. The van der Waals surface area contributed by atoms with E-state index in [1.165, 1.54) is 0 Å². The Morgan fingerprint density at radius 3 is 2.86 bits per heavy atom. The van der Waals surface area contributed by atoms with Gasteiger partial charge >= 0.3 is 5.69 Å². The van der Waals surface area contributed by atoms with Crippen LogP contribution >= 0.6 is 15.9 Å². The van der Waals surface area contributed by atoms with Gasteiger partial charge in [0.05, 0.1) is 16.0 Å². The van der Waals surface area contributed by atoms with Gasteiger partial charge in [-0.25, -0.2) is 0 Å². The van der Waals surface area contributed by atoms with Crippen LogP contribution in [-0.2, 0) is 0 Å². The average molecular weight is 261 g/mol. The number of nitro groups is 1. The molecule has 0 spiro atoms. The predicted octanol–water partition coefficient (Wildman–Crippen LogP) is 1.76. The molecule has 0 unspecified atom stereocenters. The summed E-state index contributed by atoms with van der Waals surface area (Å²) in [7, 11) is 0. The zero-order valence-corrected chi connectivity index (χ0v) is 8.82.